The van der Waals surface area contributed by atoms with Crippen molar-refractivity contribution in [1.82, 2.24) is 0 Å². The number of aliphatic hydroxyl groups is 4. The molecule has 9 nitrogen and oxygen atoms in total. The molecule has 0 bridgehead atoms. The first-order valence-corrected chi connectivity index (χ1v) is 10.8. The monoisotopic (exact) mass is 456 g/mol. The van der Waals surface area contributed by atoms with Crippen molar-refractivity contribution in [3.63, 3.8) is 0 Å². The van der Waals surface area contributed by atoms with Crippen molar-refractivity contribution in [2.24, 2.45) is 5.41 Å². The lowest BCUT2D eigenvalue weighted by molar-refractivity contribution is -0.161. The van der Waals surface area contributed by atoms with Crippen LogP contribution in [0.2, 0.25) is 0 Å². The summed E-state index contributed by atoms with van der Waals surface area (Å²) in [6, 6.07) is 0. The molecular weight excluding hydrogens is 420 g/mol. The lowest BCUT2D eigenvalue weighted by Crippen LogP contribution is -2.46. The number of hydrogen-bond acceptors (Lipinski definition) is 9. The largest absolute Gasteiger partial charge is 0.463 e. The summed E-state index contributed by atoms with van der Waals surface area (Å²) in [5.74, 6) is -1.81. The summed E-state index contributed by atoms with van der Waals surface area (Å²) in [5.41, 5.74) is 1.08. The van der Waals surface area contributed by atoms with Crippen LogP contribution in [-0.2, 0) is 23.9 Å². The first-order valence-electron chi connectivity index (χ1n) is 10.8. The number of carbonyl (C=O) groups excluding carboxylic acids is 3. The highest BCUT2D eigenvalue weighted by atomic mass is 16.6. The second-order valence-corrected chi connectivity index (χ2v) is 8.68. The van der Waals surface area contributed by atoms with Crippen LogP contribution in [0.3, 0.4) is 0 Å². The van der Waals surface area contributed by atoms with Crippen LogP contribution in [0, 0.1) is 5.41 Å². The van der Waals surface area contributed by atoms with Gasteiger partial charge >= 0.3 is 11.9 Å². The first kappa shape index (κ1) is 28.0. The Hall–Kier alpha value is -2.07. The van der Waals surface area contributed by atoms with E-state index >= 15 is 0 Å². The van der Waals surface area contributed by atoms with Gasteiger partial charge in [-0.1, -0.05) is 32.9 Å². The third-order valence-electron chi connectivity index (χ3n) is 5.60. The van der Waals surface area contributed by atoms with Crippen LogP contribution >= 0.6 is 0 Å². The van der Waals surface area contributed by atoms with Crippen molar-refractivity contribution >= 4 is 17.7 Å². The van der Waals surface area contributed by atoms with Crippen LogP contribution in [0.5, 0.6) is 0 Å². The number of allylic oxidation sites excluding steroid dienone is 3. The maximum absolute atomic E-state index is 12.6. The van der Waals surface area contributed by atoms with E-state index in [1.807, 2.05) is 32.9 Å². The van der Waals surface area contributed by atoms with Gasteiger partial charge < -0.3 is 29.9 Å². The normalized spacial score (nSPS) is 22.4. The van der Waals surface area contributed by atoms with Gasteiger partial charge in [-0.05, 0) is 36.8 Å². The Morgan fingerprint density at radius 3 is 2.22 bits per heavy atom. The van der Waals surface area contributed by atoms with Gasteiger partial charge in [0.05, 0.1) is 18.9 Å². The maximum atomic E-state index is 12.6. The Morgan fingerprint density at radius 2 is 1.66 bits per heavy atom. The van der Waals surface area contributed by atoms with Crippen LogP contribution in [0.4, 0.5) is 0 Å². The van der Waals surface area contributed by atoms with Gasteiger partial charge in [-0.3, -0.25) is 14.4 Å². The molecule has 5 unspecified atom stereocenters. The van der Waals surface area contributed by atoms with Crippen molar-refractivity contribution in [2.75, 3.05) is 6.61 Å². The summed E-state index contributed by atoms with van der Waals surface area (Å²) >= 11 is 0. The van der Waals surface area contributed by atoms with E-state index in [0.29, 0.717) is 12.0 Å². The van der Waals surface area contributed by atoms with Crippen molar-refractivity contribution < 1.29 is 44.3 Å². The van der Waals surface area contributed by atoms with Gasteiger partial charge in [0.2, 0.25) is 0 Å². The molecule has 0 aromatic carbocycles. The lowest BCUT2D eigenvalue weighted by atomic mass is 9.71. The molecule has 0 spiro atoms. The van der Waals surface area contributed by atoms with Gasteiger partial charge in [0.15, 0.2) is 11.9 Å². The van der Waals surface area contributed by atoms with Crippen molar-refractivity contribution in [1.29, 1.82) is 0 Å². The fourth-order valence-corrected chi connectivity index (χ4v) is 3.63. The number of carbonyl (C=O) groups is 3. The quantitative estimate of drug-likeness (QED) is 0.333. The van der Waals surface area contributed by atoms with Gasteiger partial charge in [-0.25, -0.2) is 0 Å². The van der Waals surface area contributed by atoms with E-state index in [0.717, 1.165) is 5.57 Å². The second-order valence-electron chi connectivity index (χ2n) is 8.68. The molecule has 1 aliphatic carbocycles. The fourth-order valence-electron chi connectivity index (χ4n) is 3.63. The molecule has 0 aromatic rings. The Kier molecular flexibility index (Phi) is 10.7. The van der Waals surface area contributed by atoms with Crippen molar-refractivity contribution in [3.05, 3.63) is 23.3 Å². The predicted octanol–water partition coefficient (Wildman–Crippen LogP) is 0.967. The molecule has 0 aromatic heterocycles. The molecule has 0 fully saturated rings. The predicted molar refractivity (Wildman–Crippen MR) is 115 cm³/mol. The van der Waals surface area contributed by atoms with Gasteiger partial charge in [0, 0.05) is 6.42 Å². The van der Waals surface area contributed by atoms with Crippen LogP contribution in [0.15, 0.2) is 23.3 Å². The summed E-state index contributed by atoms with van der Waals surface area (Å²) in [4.78, 5) is 36.6. The zero-order valence-corrected chi connectivity index (χ0v) is 19.4. The highest BCUT2D eigenvalue weighted by Crippen LogP contribution is 2.40. The zero-order chi connectivity index (χ0) is 24.6. The van der Waals surface area contributed by atoms with Crippen molar-refractivity contribution in [2.45, 2.75) is 90.8 Å². The summed E-state index contributed by atoms with van der Waals surface area (Å²) in [6.45, 7) is 8.47. The van der Waals surface area contributed by atoms with Gasteiger partial charge in [-0.2, -0.15) is 0 Å². The van der Waals surface area contributed by atoms with E-state index in [-0.39, 0.29) is 30.5 Å². The summed E-state index contributed by atoms with van der Waals surface area (Å²) < 4.78 is 10.1. The molecule has 9 heteroatoms. The van der Waals surface area contributed by atoms with E-state index in [4.69, 9.17) is 9.47 Å². The maximum Gasteiger partial charge on any atom is 0.307 e. The molecular formula is C23H36O9. The minimum atomic E-state index is -1.70. The molecule has 0 radical (unpaired) electrons. The standard InChI is InChI=1S/C23H36O9/c1-6-8-14-13(3)20(28)17(11-23(14,4)5)32-19(27)10-9-18(26)31-12-16(25)22(30)21(29)15(24)7-2/h6,8,15-17,21-22,24-25,29-30H,7,9-12H2,1-5H3/b8-6+. The molecule has 1 rings (SSSR count). The smallest absolute Gasteiger partial charge is 0.307 e. The first-order chi connectivity index (χ1) is 14.8. The third-order valence-corrected chi connectivity index (χ3v) is 5.60. The Balaban J connectivity index is 2.53. The van der Waals surface area contributed by atoms with E-state index in [2.05, 4.69) is 0 Å². The molecule has 5 atom stereocenters. The molecule has 0 aliphatic heterocycles. The van der Waals surface area contributed by atoms with Crippen LogP contribution in [0.1, 0.15) is 60.3 Å². The van der Waals surface area contributed by atoms with Crippen LogP contribution in [0.25, 0.3) is 0 Å². The minimum absolute atomic E-state index is 0.166. The third kappa shape index (κ3) is 7.51. The topological polar surface area (TPSA) is 151 Å². The highest BCUT2D eigenvalue weighted by molar-refractivity contribution is 6.01. The molecule has 0 saturated carbocycles. The van der Waals surface area contributed by atoms with Gasteiger partial charge in [0.1, 0.15) is 24.9 Å². The van der Waals surface area contributed by atoms with Gasteiger partial charge in [-0.15, -0.1) is 0 Å². The summed E-state index contributed by atoms with van der Waals surface area (Å²) in [7, 11) is 0. The SMILES string of the molecule is C/C=C/C1=C(C)C(=O)C(OC(=O)CCC(=O)OCC(O)C(O)C(O)C(O)CC)CC1(C)C. The average molecular weight is 457 g/mol. The number of rotatable bonds is 11. The summed E-state index contributed by atoms with van der Waals surface area (Å²) in [5, 5.41) is 38.8. The van der Waals surface area contributed by atoms with E-state index in [9.17, 15) is 34.8 Å². The minimum Gasteiger partial charge on any atom is -0.463 e. The highest BCUT2D eigenvalue weighted by Gasteiger charge is 2.39. The molecule has 182 valence electrons. The summed E-state index contributed by atoms with van der Waals surface area (Å²) in [6.07, 6.45) is -3.48. The number of esters is 2. The fraction of sp³-hybridized carbons (Fsp3) is 0.696. The number of ether oxygens (including phenoxy) is 2. The van der Waals surface area contributed by atoms with E-state index < -0.39 is 49.1 Å². The Labute approximate surface area is 188 Å². The lowest BCUT2D eigenvalue weighted by Gasteiger charge is -2.36. The van der Waals surface area contributed by atoms with Crippen LogP contribution < -0.4 is 0 Å². The Bertz CT molecular complexity index is 738. The zero-order valence-electron chi connectivity index (χ0n) is 19.4. The van der Waals surface area contributed by atoms with Crippen LogP contribution in [-0.4, -0.2) is 75.3 Å². The molecule has 0 amide bonds. The number of Topliss-reactive ketones (excluding diaryl/α,β-unsaturated/α-hetero) is 1. The molecule has 0 saturated heterocycles. The molecule has 0 heterocycles. The molecule has 32 heavy (non-hydrogen) atoms. The molecule has 4 N–H and O–H groups in total. The second kappa shape index (κ2) is 12.2. The van der Waals surface area contributed by atoms with Crippen molar-refractivity contribution in [3.8, 4) is 0 Å². The van der Waals surface area contributed by atoms with Gasteiger partial charge in [0.25, 0.3) is 0 Å². The number of ketones is 1. The number of hydrogen-bond donors (Lipinski definition) is 4. The van der Waals surface area contributed by atoms with E-state index in [1.54, 1.807) is 13.8 Å². The van der Waals surface area contributed by atoms with E-state index in [1.165, 1.54) is 0 Å². The average Bonchev–Trinajstić information content (AvgIpc) is 2.75. The Morgan fingerprint density at radius 1 is 1.09 bits per heavy atom. The number of aliphatic hydroxyl groups excluding tert-OH is 4. The molecule has 1 aliphatic rings.